The lowest BCUT2D eigenvalue weighted by Crippen LogP contribution is -2.23. The van der Waals surface area contributed by atoms with Crippen molar-refractivity contribution in [3.05, 3.63) is 51.4 Å². The van der Waals surface area contributed by atoms with E-state index in [1.54, 1.807) is 12.1 Å². The number of rotatable bonds is 2. The summed E-state index contributed by atoms with van der Waals surface area (Å²) < 4.78 is 0.825. The minimum absolute atomic E-state index is 0.242. The summed E-state index contributed by atoms with van der Waals surface area (Å²) in [4.78, 5) is 22.5. The van der Waals surface area contributed by atoms with Gasteiger partial charge in [-0.05, 0) is 12.1 Å². The van der Waals surface area contributed by atoms with Gasteiger partial charge < -0.3 is 10.2 Å². The van der Waals surface area contributed by atoms with Gasteiger partial charge in [-0.15, -0.1) is 0 Å². The summed E-state index contributed by atoms with van der Waals surface area (Å²) in [5.74, 6) is -2.12. The maximum absolute atomic E-state index is 11.7. The Morgan fingerprint density at radius 2 is 2.00 bits per heavy atom. The average molecular weight is 267 g/mol. The molecule has 0 amide bonds. The molecule has 2 rings (SSSR count). The van der Waals surface area contributed by atoms with Crippen LogP contribution in [-0.4, -0.2) is 26.0 Å². The molecule has 0 saturated heterocycles. The monoisotopic (exact) mass is 266 g/mol. The first kappa shape index (κ1) is 12.1. The molecule has 6 nitrogen and oxygen atoms in total. The van der Waals surface area contributed by atoms with Gasteiger partial charge in [0, 0.05) is 6.07 Å². The average Bonchev–Trinajstić information content (AvgIpc) is 2.30. The van der Waals surface area contributed by atoms with Crippen LogP contribution >= 0.6 is 11.6 Å². The van der Waals surface area contributed by atoms with Crippen molar-refractivity contribution in [2.75, 3.05) is 0 Å². The summed E-state index contributed by atoms with van der Waals surface area (Å²) in [5.41, 5.74) is -1.05. The first-order valence-corrected chi connectivity index (χ1v) is 5.20. The number of carbonyl (C=O) groups is 1. The normalized spacial score (nSPS) is 10.3. The molecule has 2 N–H and O–H groups in total. The molecule has 2 aromatic rings. The first-order chi connectivity index (χ1) is 8.50. The highest BCUT2D eigenvalue weighted by atomic mass is 35.5. The van der Waals surface area contributed by atoms with E-state index in [0.717, 1.165) is 10.7 Å². The van der Waals surface area contributed by atoms with Gasteiger partial charge in [0.25, 0.3) is 5.56 Å². The molecule has 1 aromatic carbocycles. The van der Waals surface area contributed by atoms with E-state index in [1.165, 1.54) is 12.1 Å². The SMILES string of the molecule is O=C(O)c1nn(-c2ccccc2Cl)c(=O)cc1O. The molecule has 92 valence electrons. The third-order valence-electron chi connectivity index (χ3n) is 2.19. The molecule has 0 aliphatic rings. The fourth-order valence-corrected chi connectivity index (χ4v) is 1.61. The second-order valence-electron chi connectivity index (χ2n) is 3.38. The van der Waals surface area contributed by atoms with E-state index in [2.05, 4.69) is 5.10 Å². The minimum Gasteiger partial charge on any atom is -0.505 e. The predicted molar refractivity (Wildman–Crippen MR) is 63.5 cm³/mol. The Balaban J connectivity index is 2.73. The highest BCUT2D eigenvalue weighted by molar-refractivity contribution is 6.32. The zero-order chi connectivity index (χ0) is 13.3. The van der Waals surface area contributed by atoms with Crippen LogP contribution in [-0.2, 0) is 0 Å². The Hall–Kier alpha value is -2.34. The standard InChI is InChI=1S/C11H7ClN2O4/c12-6-3-1-2-4-7(6)14-9(16)5-8(15)10(13-14)11(17)18/h1-5,15H,(H,17,18). The third-order valence-corrected chi connectivity index (χ3v) is 2.51. The van der Waals surface area contributed by atoms with Crippen molar-refractivity contribution < 1.29 is 15.0 Å². The molecule has 0 fully saturated rings. The molecule has 0 bridgehead atoms. The number of para-hydroxylation sites is 1. The second kappa shape index (κ2) is 4.50. The molecule has 0 atom stereocenters. The Kier molecular flexibility index (Phi) is 3.03. The van der Waals surface area contributed by atoms with Gasteiger partial charge in [0.2, 0.25) is 5.69 Å². The number of hydrogen-bond donors (Lipinski definition) is 2. The van der Waals surface area contributed by atoms with E-state index in [4.69, 9.17) is 16.7 Å². The van der Waals surface area contributed by atoms with Crippen molar-refractivity contribution in [2.45, 2.75) is 0 Å². The summed E-state index contributed by atoms with van der Waals surface area (Å²) in [5, 5.41) is 22.0. The molecule has 7 heteroatoms. The lowest BCUT2D eigenvalue weighted by Gasteiger charge is -2.07. The Labute approximate surface area is 106 Å². The molecule has 0 radical (unpaired) electrons. The Morgan fingerprint density at radius 1 is 1.33 bits per heavy atom. The highest BCUT2D eigenvalue weighted by Crippen LogP contribution is 2.19. The van der Waals surface area contributed by atoms with Crippen molar-refractivity contribution in [3.8, 4) is 11.4 Å². The van der Waals surface area contributed by atoms with E-state index in [0.29, 0.717) is 0 Å². The second-order valence-corrected chi connectivity index (χ2v) is 3.79. The van der Waals surface area contributed by atoms with Crippen molar-refractivity contribution in [3.63, 3.8) is 0 Å². The summed E-state index contributed by atoms with van der Waals surface area (Å²) in [6.07, 6.45) is 0. The number of carboxylic acids is 1. The number of nitrogens with zero attached hydrogens (tertiary/aromatic N) is 2. The maximum atomic E-state index is 11.7. The largest absolute Gasteiger partial charge is 0.505 e. The van der Waals surface area contributed by atoms with E-state index in [-0.39, 0.29) is 10.7 Å². The number of carboxylic acid groups (broad SMARTS) is 1. The minimum atomic E-state index is -1.44. The summed E-state index contributed by atoms with van der Waals surface area (Å²) >= 11 is 5.89. The number of aromatic hydroxyl groups is 1. The molecule has 0 spiro atoms. The molecule has 1 heterocycles. The zero-order valence-electron chi connectivity index (χ0n) is 8.87. The molecule has 0 aliphatic heterocycles. The van der Waals surface area contributed by atoms with Crippen LogP contribution in [0, 0.1) is 0 Å². The third kappa shape index (κ3) is 2.05. The van der Waals surface area contributed by atoms with Gasteiger partial charge in [0.1, 0.15) is 0 Å². The van der Waals surface area contributed by atoms with Crippen LogP contribution < -0.4 is 5.56 Å². The van der Waals surface area contributed by atoms with Crippen molar-refractivity contribution >= 4 is 17.6 Å². The molecule has 0 unspecified atom stereocenters. The van der Waals surface area contributed by atoms with E-state index in [9.17, 15) is 14.7 Å². The van der Waals surface area contributed by atoms with E-state index in [1.807, 2.05) is 0 Å². The lowest BCUT2D eigenvalue weighted by atomic mass is 10.3. The number of aromatic nitrogens is 2. The van der Waals surface area contributed by atoms with Gasteiger partial charge in [0.15, 0.2) is 5.75 Å². The molecular formula is C11H7ClN2O4. The zero-order valence-corrected chi connectivity index (χ0v) is 9.63. The van der Waals surface area contributed by atoms with Gasteiger partial charge in [-0.3, -0.25) is 4.79 Å². The molecular weight excluding hydrogens is 260 g/mol. The molecule has 0 saturated carbocycles. The van der Waals surface area contributed by atoms with Crippen LogP contribution in [0.5, 0.6) is 5.75 Å². The van der Waals surface area contributed by atoms with Gasteiger partial charge in [-0.1, -0.05) is 23.7 Å². The van der Waals surface area contributed by atoms with Crippen LogP contribution in [0.3, 0.4) is 0 Å². The quantitative estimate of drug-likeness (QED) is 0.854. The van der Waals surface area contributed by atoms with Crippen molar-refractivity contribution in [1.82, 2.24) is 9.78 Å². The topological polar surface area (TPSA) is 92.4 Å². The molecule has 18 heavy (non-hydrogen) atoms. The van der Waals surface area contributed by atoms with E-state index < -0.39 is 23.0 Å². The number of aromatic carboxylic acids is 1. The fraction of sp³-hybridized carbons (Fsp3) is 0. The van der Waals surface area contributed by atoms with Crippen LogP contribution in [0.15, 0.2) is 35.1 Å². The maximum Gasteiger partial charge on any atom is 0.360 e. The molecule has 0 aliphatic carbocycles. The smallest absolute Gasteiger partial charge is 0.360 e. The predicted octanol–water partition coefficient (Wildman–Crippen LogP) is 1.29. The molecule has 1 aromatic heterocycles. The number of benzene rings is 1. The van der Waals surface area contributed by atoms with Gasteiger partial charge >= 0.3 is 5.97 Å². The van der Waals surface area contributed by atoms with Gasteiger partial charge in [0.05, 0.1) is 10.7 Å². The van der Waals surface area contributed by atoms with Crippen LogP contribution in [0.4, 0.5) is 0 Å². The summed E-state index contributed by atoms with van der Waals surface area (Å²) in [6, 6.07) is 7.12. The highest BCUT2D eigenvalue weighted by Gasteiger charge is 2.16. The van der Waals surface area contributed by atoms with Crippen molar-refractivity contribution in [2.24, 2.45) is 0 Å². The van der Waals surface area contributed by atoms with Crippen LogP contribution in [0.25, 0.3) is 5.69 Å². The van der Waals surface area contributed by atoms with Gasteiger partial charge in [-0.25, -0.2) is 4.79 Å². The number of hydrogen-bond acceptors (Lipinski definition) is 4. The first-order valence-electron chi connectivity index (χ1n) is 4.82. The van der Waals surface area contributed by atoms with Crippen molar-refractivity contribution in [1.29, 1.82) is 0 Å². The fourth-order valence-electron chi connectivity index (χ4n) is 1.40. The summed E-state index contributed by atoms with van der Waals surface area (Å²) in [6.45, 7) is 0. The van der Waals surface area contributed by atoms with Gasteiger partial charge in [-0.2, -0.15) is 9.78 Å². The number of halogens is 1. The Bertz CT molecular complexity index is 681. The van der Waals surface area contributed by atoms with E-state index >= 15 is 0 Å². The summed E-state index contributed by atoms with van der Waals surface area (Å²) in [7, 11) is 0. The van der Waals surface area contributed by atoms with Crippen LogP contribution in [0.1, 0.15) is 10.5 Å². The van der Waals surface area contributed by atoms with Crippen LogP contribution in [0.2, 0.25) is 5.02 Å². The Morgan fingerprint density at radius 3 is 2.61 bits per heavy atom. The lowest BCUT2D eigenvalue weighted by molar-refractivity contribution is 0.0684.